The Hall–Kier alpha value is -2.90. The first-order chi connectivity index (χ1) is 13.3. The van der Waals surface area contributed by atoms with Crippen molar-refractivity contribution in [3.8, 4) is 11.3 Å². The average Bonchev–Trinajstić information content (AvgIpc) is 2.92. The molecule has 4 aromatic rings. The van der Waals surface area contributed by atoms with Crippen molar-refractivity contribution in [3.05, 3.63) is 59.2 Å². The number of anilines is 1. The second kappa shape index (κ2) is 7.61. The van der Waals surface area contributed by atoms with Crippen LogP contribution < -0.4 is 15.8 Å². The Morgan fingerprint density at radius 1 is 1.07 bits per heavy atom. The van der Waals surface area contributed by atoms with Crippen molar-refractivity contribution in [2.75, 3.05) is 31.1 Å². The van der Waals surface area contributed by atoms with Gasteiger partial charge in [-0.15, -0.1) is 12.4 Å². The van der Waals surface area contributed by atoms with E-state index < -0.39 is 5.63 Å². The first-order valence-corrected chi connectivity index (χ1v) is 9.13. The van der Waals surface area contributed by atoms with Crippen LogP contribution in [0.4, 0.5) is 5.82 Å². The van der Waals surface area contributed by atoms with Gasteiger partial charge in [0, 0.05) is 37.4 Å². The van der Waals surface area contributed by atoms with E-state index in [4.69, 9.17) is 4.42 Å². The van der Waals surface area contributed by atoms with E-state index in [9.17, 15) is 4.79 Å². The van der Waals surface area contributed by atoms with Crippen LogP contribution in [0.2, 0.25) is 0 Å². The summed E-state index contributed by atoms with van der Waals surface area (Å²) in [7, 11) is 0. The van der Waals surface area contributed by atoms with E-state index in [-0.39, 0.29) is 12.4 Å². The van der Waals surface area contributed by atoms with Gasteiger partial charge in [0.2, 0.25) is 5.71 Å². The quantitative estimate of drug-likeness (QED) is 0.560. The molecule has 0 aliphatic carbocycles. The van der Waals surface area contributed by atoms with Crippen molar-refractivity contribution in [1.29, 1.82) is 0 Å². The minimum atomic E-state index is -0.423. The molecule has 0 spiro atoms. The minimum Gasteiger partial charge on any atom is -0.403 e. The Morgan fingerprint density at radius 2 is 2.00 bits per heavy atom. The van der Waals surface area contributed by atoms with Gasteiger partial charge >= 0.3 is 5.63 Å². The van der Waals surface area contributed by atoms with Crippen molar-refractivity contribution in [2.24, 2.45) is 0 Å². The van der Waals surface area contributed by atoms with Gasteiger partial charge in [0.05, 0.1) is 11.3 Å². The molecule has 8 heteroatoms. The van der Waals surface area contributed by atoms with E-state index in [1.807, 2.05) is 53.2 Å². The minimum absolute atomic E-state index is 0. The molecule has 4 aromatic heterocycles. The topological polar surface area (TPSA) is 75.7 Å². The fourth-order valence-corrected chi connectivity index (χ4v) is 3.48. The Kier molecular flexibility index (Phi) is 5.02. The lowest BCUT2D eigenvalue weighted by atomic mass is 10.2. The summed E-state index contributed by atoms with van der Waals surface area (Å²) in [5, 5.41) is 4.17. The van der Waals surface area contributed by atoms with Crippen LogP contribution >= 0.6 is 12.4 Å². The second-order valence-electron chi connectivity index (χ2n) is 6.69. The highest BCUT2D eigenvalue weighted by Crippen LogP contribution is 2.23. The zero-order valence-electron chi connectivity index (χ0n) is 15.2. The Balaban J connectivity index is 0.00000192. The largest absolute Gasteiger partial charge is 0.403 e. The molecule has 0 unspecified atom stereocenters. The smallest absolute Gasteiger partial charge is 0.347 e. The number of imidazole rings is 1. The maximum Gasteiger partial charge on any atom is 0.347 e. The number of pyridine rings is 2. The molecule has 0 amide bonds. The molecule has 7 nitrogen and oxygen atoms in total. The Labute approximate surface area is 167 Å². The number of aromatic nitrogens is 3. The molecule has 28 heavy (non-hydrogen) atoms. The number of nitrogens with zero attached hydrogens (tertiary/aromatic N) is 4. The standard InChI is InChI=1S/C20H19N5O2.ClH/c26-20-15(16-13-25-9-2-1-4-17(25)22-16)12-14-5-6-18(23-19(14)27-20)24-10-3-7-21-8-11-24;/h1-2,4-6,9,12-13,21H,3,7-8,10-11H2;1H. The van der Waals surface area contributed by atoms with Gasteiger partial charge in [-0.1, -0.05) is 6.07 Å². The lowest BCUT2D eigenvalue weighted by Gasteiger charge is -2.20. The summed E-state index contributed by atoms with van der Waals surface area (Å²) < 4.78 is 7.43. The normalized spacial score (nSPS) is 14.8. The molecule has 0 saturated carbocycles. The molecule has 5 rings (SSSR count). The molecule has 0 radical (unpaired) electrons. The highest BCUT2D eigenvalue weighted by Gasteiger charge is 2.15. The second-order valence-corrected chi connectivity index (χ2v) is 6.69. The van der Waals surface area contributed by atoms with Crippen molar-refractivity contribution >= 4 is 35.0 Å². The van der Waals surface area contributed by atoms with E-state index in [1.165, 1.54) is 0 Å². The van der Waals surface area contributed by atoms with Crippen LogP contribution in [-0.2, 0) is 0 Å². The highest BCUT2D eigenvalue weighted by atomic mass is 35.5. The lowest BCUT2D eigenvalue weighted by molar-refractivity contribution is 0.551. The SMILES string of the molecule is Cl.O=c1oc2nc(N3CCCNCC3)ccc2cc1-c1cn2ccccc2n1. The summed E-state index contributed by atoms with van der Waals surface area (Å²) in [4.78, 5) is 23.9. The molecule has 144 valence electrons. The van der Waals surface area contributed by atoms with Crippen molar-refractivity contribution < 1.29 is 4.42 Å². The van der Waals surface area contributed by atoms with Crippen LogP contribution in [0.3, 0.4) is 0 Å². The number of hydrogen-bond donors (Lipinski definition) is 1. The van der Waals surface area contributed by atoms with Gasteiger partial charge in [0.1, 0.15) is 11.5 Å². The maximum atomic E-state index is 12.6. The van der Waals surface area contributed by atoms with E-state index in [0.29, 0.717) is 17.0 Å². The average molecular weight is 398 g/mol. The van der Waals surface area contributed by atoms with Gasteiger partial charge in [-0.05, 0) is 43.3 Å². The van der Waals surface area contributed by atoms with Crippen LogP contribution in [0, 0.1) is 0 Å². The fraction of sp³-hybridized carbons (Fsp3) is 0.250. The molecule has 1 N–H and O–H groups in total. The predicted octanol–water partition coefficient (Wildman–Crippen LogP) is 2.72. The first-order valence-electron chi connectivity index (χ1n) is 9.13. The van der Waals surface area contributed by atoms with Crippen LogP contribution in [0.25, 0.3) is 28.0 Å². The van der Waals surface area contributed by atoms with Gasteiger partial charge in [-0.2, -0.15) is 4.98 Å². The molecular formula is C20H20ClN5O2. The molecular weight excluding hydrogens is 378 g/mol. The number of halogens is 1. The van der Waals surface area contributed by atoms with Gasteiger partial charge in [-0.25, -0.2) is 9.78 Å². The summed E-state index contributed by atoms with van der Waals surface area (Å²) in [5.41, 5.74) is 1.77. The molecule has 0 bridgehead atoms. The third kappa shape index (κ3) is 3.34. The van der Waals surface area contributed by atoms with Gasteiger partial charge in [-0.3, -0.25) is 0 Å². The van der Waals surface area contributed by atoms with Crippen LogP contribution in [0.5, 0.6) is 0 Å². The van der Waals surface area contributed by atoms with E-state index >= 15 is 0 Å². The monoisotopic (exact) mass is 397 g/mol. The first kappa shape index (κ1) is 18.5. The number of fused-ring (bicyclic) bond motifs is 2. The molecule has 0 aromatic carbocycles. The van der Waals surface area contributed by atoms with Crippen molar-refractivity contribution in [1.82, 2.24) is 19.7 Å². The van der Waals surface area contributed by atoms with Gasteiger partial charge in [0.25, 0.3) is 0 Å². The number of hydrogen-bond acceptors (Lipinski definition) is 6. The molecule has 1 aliphatic rings. The van der Waals surface area contributed by atoms with E-state index in [0.717, 1.165) is 49.5 Å². The number of rotatable bonds is 2. The predicted molar refractivity (Wildman–Crippen MR) is 111 cm³/mol. The van der Waals surface area contributed by atoms with Crippen LogP contribution in [-0.4, -0.2) is 40.5 Å². The van der Waals surface area contributed by atoms with Gasteiger partial charge < -0.3 is 19.0 Å². The zero-order valence-corrected chi connectivity index (χ0v) is 16.0. The third-order valence-corrected chi connectivity index (χ3v) is 4.89. The van der Waals surface area contributed by atoms with Crippen molar-refractivity contribution in [2.45, 2.75) is 6.42 Å². The summed E-state index contributed by atoms with van der Waals surface area (Å²) in [5.74, 6) is 0.842. The molecule has 5 heterocycles. The molecule has 1 aliphatic heterocycles. The summed E-state index contributed by atoms with van der Waals surface area (Å²) in [6.07, 6.45) is 4.80. The molecule has 0 atom stereocenters. The Bertz CT molecular complexity index is 1150. The summed E-state index contributed by atoms with van der Waals surface area (Å²) in [6.45, 7) is 3.77. The molecule has 1 fully saturated rings. The summed E-state index contributed by atoms with van der Waals surface area (Å²) in [6, 6.07) is 11.5. The third-order valence-electron chi connectivity index (χ3n) is 4.89. The van der Waals surface area contributed by atoms with E-state index in [2.05, 4.69) is 20.2 Å². The van der Waals surface area contributed by atoms with Crippen LogP contribution in [0.15, 0.2) is 58.0 Å². The summed E-state index contributed by atoms with van der Waals surface area (Å²) >= 11 is 0. The fourth-order valence-electron chi connectivity index (χ4n) is 3.48. The highest BCUT2D eigenvalue weighted by molar-refractivity contribution is 5.85. The maximum absolute atomic E-state index is 12.6. The Morgan fingerprint density at radius 3 is 2.89 bits per heavy atom. The zero-order chi connectivity index (χ0) is 18.2. The van der Waals surface area contributed by atoms with Crippen LogP contribution in [0.1, 0.15) is 6.42 Å². The van der Waals surface area contributed by atoms with E-state index in [1.54, 1.807) is 0 Å². The molecule has 1 saturated heterocycles. The lowest BCUT2D eigenvalue weighted by Crippen LogP contribution is -2.28. The van der Waals surface area contributed by atoms with Gasteiger partial charge in [0.15, 0.2) is 0 Å². The number of nitrogens with one attached hydrogen (secondary N) is 1. The van der Waals surface area contributed by atoms with Crippen molar-refractivity contribution in [3.63, 3.8) is 0 Å².